The van der Waals surface area contributed by atoms with Crippen molar-refractivity contribution in [3.05, 3.63) is 81.4 Å². The number of carbonyl (C=O) groups is 2. The molecule has 0 aliphatic rings. The Morgan fingerprint density at radius 1 is 0.759 bits per heavy atom. The van der Waals surface area contributed by atoms with Crippen LogP contribution in [0.15, 0.2) is 66.7 Å². The van der Waals surface area contributed by atoms with Crippen LogP contribution >= 0.6 is 22.6 Å². The summed E-state index contributed by atoms with van der Waals surface area (Å²) in [7, 11) is 1.54. The van der Waals surface area contributed by atoms with Crippen LogP contribution in [0.25, 0.3) is 0 Å². The van der Waals surface area contributed by atoms with E-state index in [2.05, 4.69) is 4.89 Å². The fourth-order valence-electron chi connectivity index (χ4n) is 2.33. The number of rotatable bonds is 6. The largest absolute Gasteiger partial charge is 0.497 e. The summed E-state index contributed by atoms with van der Waals surface area (Å²) >= 11 is 1.99. The molecular formula is C21H15IO7. The molecule has 3 aromatic rings. The van der Waals surface area contributed by atoms with Gasteiger partial charge in [0, 0.05) is 0 Å². The fourth-order valence-corrected chi connectivity index (χ4v) is 2.93. The summed E-state index contributed by atoms with van der Waals surface area (Å²) in [6, 6.07) is 17.0. The highest BCUT2D eigenvalue weighted by molar-refractivity contribution is 14.1. The highest BCUT2D eigenvalue weighted by atomic mass is 127. The molecule has 0 aromatic heterocycles. The molecule has 0 saturated carbocycles. The number of carbonyl (C=O) groups excluding carboxylic acids is 2. The first kappa shape index (κ1) is 20.6. The summed E-state index contributed by atoms with van der Waals surface area (Å²) in [4.78, 5) is 28.6. The number of esters is 2. The molecule has 0 radical (unpaired) electrons. The SMILES string of the molecule is COc1ccc(C(=O)Oc2ccc(OC(=O)c3ccc(OO)cc3)cc2I)cc1. The first-order chi connectivity index (χ1) is 14.0. The zero-order valence-corrected chi connectivity index (χ0v) is 17.3. The van der Waals surface area contributed by atoms with Crippen LogP contribution in [0, 0.1) is 3.57 Å². The molecule has 8 heteroatoms. The van der Waals surface area contributed by atoms with E-state index in [4.69, 9.17) is 19.5 Å². The zero-order chi connectivity index (χ0) is 20.8. The van der Waals surface area contributed by atoms with E-state index in [1.54, 1.807) is 43.5 Å². The molecule has 0 saturated heterocycles. The second-order valence-corrected chi connectivity index (χ2v) is 6.88. The van der Waals surface area contributed by atoms with Crippen molar-refractivity contribution in [2.45, 2.75) is 0 Å². The third-order valence-corrected chi connectivity index (χ3v) is 4.68. The van der Waals surface area contributed by atoms with Crippen LogP contribution in [-0.4, -0.2) is 24.3 Å². The van der Waals surface area contributed by atoms with Gasteiger partial charge in [-0.3, -0.25) is 0 Å². The van der Waals surface area contributed by atoms with Crippen molar-refractivity contribution in [2.24, 2.45) is 0 Å². The van der Waals surface area contributed by atoms with Crippen LogP contribution in [0.1, 0.15) is 20.7 Å². The third-order valence-electron chi connectivity index (χ3n) is 3.84. The van der Waals surface area contributed by atoms with Crippen molar-refractivity contribution in [1.82, 2.24) is 0 Å². The van der Waals surface area contributed by atoms with Crippen molar-refractivity contribution < 1.29 is 33.9 Å². The highest BCUT2D eigenvalue weighted by Gasteiger charge is 2.14. The molecular weight excluding hydrogens is 491 g/mol. The van der Waals surface area contributed by atoms with Gasteiger partial charge in [-0.15, -0.1) is 0 Å². The zero-order valence-electron chi connectivity index (χ0n) is 15.1. The molecule has 0 fully saturated rings. The van der Waals surface area contributed by atoms with Gasteiger partial charge in [-0.2, -0.15) is 0 Å². The van der Waals surface area contributed by atoms with Gasteiger partial charge in [0.2, 0.25) is 0 Å². The Hall–Kier alpha value is -3.11. The van der Waals surface area contributed by atoms with Gasteiger partial charge in [-0.05, 0) is 89.3 Å². The van der Waals surface area contributed by atoms with Crippen LogP contribution in [0.5, 0.6) is 23.0 Å². The van der Waals surface area contributed by atoms with E-state index in [0.29, 0.717) is 26.4 Å². The van der Waals surface area contributed by atoms with Gasteiger partial charge in [-0.25, -0.2) is 14.8 Å². The second-order valence-electron chi connectivity index (χ2n) is 5.72. The topological polar surface area (TPSA) is 91.3 Å². The number of halogens is 1. The van der Waals surface area contributed by atoms with E-state index in [1.807, 2.05) is 22.6 Å². The van der Waals surface area contributed by atoms with Crippen LogP contribution < -0.4 is 19.1 Å². The maximum atomic E-state index is 12.3. The summed E-state index contributed by atoms with van der Waals surface area (Å²) < 4.78 is 16.4. The first-order valence-corrected chi connectivity index (χ1v) is 9.37. The van der Waals surface area contributed by atoms with E-state index in [0.717, 1.165) is 0 Å². The molecule has 3 rings (SSSR count). The summed E-state index contributed by atoms with van der Waals surface area (Å²) in [6.45, 7) is 0. The molecule has 148 valence electrons. The van der Waals surface area contributed by atoms with Gasteiger partial charge < -0.3 is 19.1 Å². The molecule has 0 bridgehead atoms. The molecule has 0 spiro atoms. The van der Waals surface area contributed by atoms with Gasteiger partial charge in [-0.1, -0.05) is 0 Å². The normalized spacial score (nSPS) is 10.2. The average molecular weight is 506 g/mol. The van der Waals surface area contributed by atoms with E-state index in [-0.39, 0.29) is 11.3 Å². The Bertz CT molecular complexity index is 1010. The van der Waals surface area contributed by atoms with Crippen molar-refractivity contribution in [3.63, 3.8) is 0 Å². The lowest BCUT2D eigenvalue weighted by Crippen LogP contribution is -2.10. The van der Waals surface area contributed by atoms with Crippen LogP contribution in [0.4, 0.5) is 0 Å². The number of methoxy groups -OCH3 is 1. The molecule has 29 heavy (non-hydrogen) atoms. The number of hydrogen-bond donors (Lipinski definition) is 1. The van der Waals surface area contributed by atoms with E-state index in [9.17, 15) is 9.59 Å². The Morgan fingerprint density at radius 2 is 1.28 bits per heavy atom. The number of ether oxygens (including phenoxy) is 3. The third kappa shape index (κ3) is 5.24. The van der Waals surface area contributed by atoms with Gasteiger partial charge in [0.05, 0.1) is 21.8 Å². The molecule has 1 N–H and O–H groups in total. The molecule has 0 atom stereocenters. The quantitative estimate of drug-likeness (QED) is 0.172. The Labute approximate surface area is 179 Å². The summed E-state index contributed by atoms with van der Waals surface area (Å²) in [5.41, 5.74) is 0.670. The van der Waals surface area contributed by atoms with E-state index < -0.39 is 11.9 Å². The monoisotopic (exact) mass is 506 g/mol. The molecule has 0 aliphatic carbocycles. The second kappa shape index (κ2) is 9.39. The Morgan fingerprint density at radius 3 is 1.79 bits per heavy atom. The van der Waals surface area contributed by atoms with E-state index in [1.165, 1.54) is 30.3 Å². The van der Waals surface area contributed by atoms with Gasteiger partial charge in [0.1, 0.15) is 17.2 Å². The molecule has 0 amide bonds. The Kier molecular flexibility index (Phi) is 6.68. The van der Waals surface area contributed by atoms with Crippen LogP contribution in [-0.2, 0) is 0 Å². The Balaban J connectivity index is 1.67. The van der Waals surface area contributed by atoms with Crippen molar-refractivity contribution in [2.75, 3.05) is 7.11 Å². The minimum Gasteiger partial charge on any atom is -0.497 e. The van der Waals surface area contributed by atoms with Gasteiger partial charge in [0.15, 0.2) is 5.75 Å². The van der Waals surface area contributed by atoms with Gasteiger partial charge >= 0.3 is 11.9 Å². The molecule has 3 aromatic carbocycles. The maximum Gasteiger partial charge on any atom is 0.343 e. The standard InChI is InChI=1S/C21H15IO7/c1-26-15-6-2-14(3-7-15)21(24)28-19-11-10-17(12-18(19)22)27-20(23)13-4-8-16(29-25)9-5-13/h2-12,25H,1H3. The van der Waals surface area contributed by atoms with E-state index >= 15 is 0 Å². The van der Waals surface area contributed by atoms with Crippen molar-refractivity contribution >= 4 is 34.5 Å². The molecule has 0 unspecified atom stereocenters. The minimum atomic E-state index is -0.576. The van der Waals surface area contributed by atoms with Crippen molar-refractivity contribution in [3.8, 4) is 23.0 Å². The lowest BCUT2D eigenvalue weighted by Gasteiger charge is -2.09. The highest BCUT2D eigenvalue weighted by Crippen LogP contribution is 2.27. The fraction of sp³-hybridized carbons (Fsp3) is 0.0476. The summed E-state index contributed by atoms with van der Waals surface area (Å²) in [5, 5.41) is 8.56. The van der Waals surface area contributed by atoms with Crippen LogP contribution in [0.3, 0.4) is 0 Å². The minimum absolute atomic E-state index is 0.208. The predicted molar refractivity (Wildman–Crippen MR) is 112 cm³/mol. The maximum absolute atomic E-state index is 12.3. The summed E-state index contributed by atoms with van der Waals surface area (Å²) in [6.07, 6.45) is 0. The molecule has 0 heterocycles. The number of hydrogen-bond acceptors (Lipinski definition) is 7. The summed E-state index contributed by atoms with van der Waals surface area (Å²) in [5.74, 6) is 0.400. The molecule has 0 aliphatic heterocycles. The lowest BCUT2D eigenvalue weighted by molar-refractivity contribution is -0.137. The van der Waals surface area contributed by atoms with Gasteiger partial charge in [0.25, 0.3) is 0 Å². The van der Waals surface area contributed by atoms with Crippen molar-refractivity contribution in [1.29, 1.82) is 0 Å². The average Bonchev–Trinajstić information content (AvgIpc) is 2.75. The number of benzene rings is 3. The smallest absolute Gasteiger partial charge is 0.343 e. The predicted octanol–water partition coefficient (Wildman–Crippen LogP) is 4.59. The molecule has 7 nitrogen and oxygen atoms in total. The lowest BCUT2D eigenvalue weighted by atomic mass is 10.2. The first-order valence-electron chi connectivity index (χ1n) is 8.29. The van der Waals surface area contributed by atoms with Crippen LogP contribution in [0.2, 0.25) is 0 Å².